The third-order valence-electron chi connectivity index (χ3n) is 5.83. The Kier molecular flexibility index (Phi) is 5.87. The molecule has 5 rings (SSSR count). The predicted octanol–water partition coefficient (Wildman–Crippen LogP) is 5.89. The van der Waals surface area contributed by atoms with Crippen LogP contribution in [0.2, 0.25) is 0 Å². The fourth-order valence-electron chi connectivity index (χ4n) is 4.29. The van der Waals surface area contributed by atoms with Gasteiger partial charge in [-0.3, -0.25) is 0 Å². The number of anilines is 1. The molecule has 0 unspecified atom stereocenters. The molecule has 0 aliphatic carbocycles. The highest BCUT2D eigenvalue weighted by molar-refractivity contribution is 6.03. The second-order valence-electron chi connectivity index (χ2n) is 8.25. The molecule has 9 heteroatoms. The zero-order valence-electron chi connectivity index (χ0n) is 18.5. The number of nitrogens with zero attached hydrogens (tertiary/aromatic N) is 3. The van der Waals surface area contributed by atoms with Gasteiger partial charge in [-0.25, -0.2) is 9.97 Å². The predicted molar refractivity (Wildman–Crippen MR) is 123 cm³/mol. The lowest BCUT2D eigenvalue weighted by atomic mass is 10.0. The molecule has 0 atom stereocenters. The maximum absolute atomic E-state index is 13.2. The van der Waals surface area contributed by atoms with Crippen molar-refractivity contribution in [1.82, 2.24) is 14.5 Å². The Morgan fingerprint density at radius 3 is 2.59 bits per heavy atom. The third kappa shape index (κ3) is 4.56. The molecule has 1 aliphatic heterocycles. The number of alkyl halides is 3. The van der Waals surface area contributed by atoms with Crippen molar-refractivity contribution in [2.75, 3.05) is 18.5 Å². The van der Waals surface area contributed by atoms with E-state index < -0.39 is 6.36 Å². The topological polar surface area (TPSA) is 61.2 Å². The van der Waals surface area contributed by atoms with Crippen LogP contribution in [0.4, 0.5) is 19.0 Å². The molecule has 2 aromatic heterocycles. The molecule has 1 N–H and O–H groups in total. The van der Waals surface area contributed by atoms with Gasteiger partial charge in [0, 0.05) is 42.3 Å². The Labute approximate surface area is 194 Å². The van der Waals surface area contributed by atoms with E-state index in [0.29, 0.717) is 41.2 Å². The summed E-state index contributed by atoms with van der Waals surface area (Å²) in [5.74, 6) is 0.291. The van der Waals surface area contributed by atoms with Crippen LogP contribution in [0.25, 0.3) is 27.8 Å². The number of halogens is 3. The van der Waals surface area contributed by atoms with Gasteiger partial charge in [0.25, 0.3) is 0 Å². The van der Waals surface area contributed by atoms with Gasteiger partial charge in [0.15, 0.2) is 5.65 Å². The minimum Gasteiger partial charge on any atom is -0.405 e. The molecule has 2 aromatic carbocycles. The molecule has 4 aromatic rings. The number of aromatic nitrogens is 3. The highest BCUT2D eigenvalue weighted by Crippen LogP contribution is 2.41. The van der Waals surface area contributed by atoms with Gasteiger partial charge in [0.05, 0.1) is 5.39 Å². The van der Waals surface area contributed by atoms with Gasteiger partial charge < -0.3 is 19.4 Å². The van der Waals surface area contributed by atoms with E-state index in [-0.39, 0.29) is 11.8 Å². The zero-order valence-corrected chi connectivity index (χ0v) is 18.5. The van der Waals surface area contributed by atoms with E-state index in [0.717, 1.165) is 24.1 Å². The van der Waals surface area contributed by atoms with Gasteiger partial charge in [0.2, 0.25) is 0 Å². The van der Waals surface area contributed by atoms with Crippen molar-refractivity contribution in [1.29, 1.82) is 0 Å². The van der Waals surface area contributed by atoms with Crippen LogP contribution in [-0.4, -0.2) is 40.2 Å². The number of fused-ring (bicyclic) bond motifs is 1. The summed E-state index contributed by atoms with van der Waals surface area (Å²) in [6.07, 6.45) is 0.0745. The normalized spacial score (nSPS) is 14.9. The third-order valence-corrected chi connectivity index (χ3v) is 5.83. The summed E-state index contributed by atoms with van der Waals surface area (Å²) in [5.41, 5.74) is 3.34. The van der Waals surface area contributed by atoms with E-state index in [9.17, 15) is 13.2 Å². The maximum Gasteiger partial charge on any atom is 0.573 e. The monoisotopic (exact) mass is 468 g/mol. The van der Waals surface area contributed by atoms with E-state index in [1.165, 1.54) is 18.5 Å². The largest absolute Gasteiger partial charge is 0.573 e. The van der Waals surface area contributed by atoms with Crippen LogP contribution in [0.1, 0.15) is 18.4 Å². The standard InChI is InChI=1S/C25H23F3N4O2/c1-16-5-4-6-18(13-16)32-14-20(19-7-2-3-8-21(19)34-25(26,27)28)22-23(29-15-30-24(22)32)31-17-9-11-33-12-10-17/h2-8,13-15,17H,9-12H2,1H3,(H,29,30,31). The summed E-state index contributed by atoms with van der Waals surface area (Å²) in [4.78, 5) is 8.99. The number of rotatable bonds is 5. The number of benzene rings is 2. The molecule has 3 heterocycles. The van der Waals surface area contributed by atoms with E-state index >= 15 is 0 Å². The lowest BCUT2D eigenvalue weighted by molar-refractivity contribution is -0.274. The van der Waals surface area contributed by atoms with E-state index in [1.807, 2.05) is 35.8 Å². The number of hydrogen-bond donors (Lipinski definition) is 1. The second-order valence-corrected chi connectivity index (χ2v) is 8.25. The van der Waals surface area contributed by atoms with Crippen molar-refractivity contribution < 1.29 is 22.6 Å². The minimum atomic E-state index is -4.81. The smallest absolute Gasteiger partial charge is 0.405 e. The van der Waals surface area contributed by atoms with E-state index in [2.05, 4.69) is 20.0 Å². The lowest BCUT2D eigenvalue weighted by Gasteiger charge is -2.24. The summed E-state index contributed by atoms with van der Waals surface area (Å²) in [5, 5.41) is 4.10. The van der Waals surface area contributed by atoms with Crippen molar-refractivity contribution in [3.05, 3.63) is 66.6 Å². The van der Waals surface area contributed by atoms with Crippen molar-refractivity contribution in [2.45, 2.75) is 32.2 Å². The second kappa shape index (κ2) is 8.98. The van der Waals surface area contributed by atoms with Crippen LogP contribution in [0, 0.1) is 6.92 Å². The first kappa shape index (κ1) is 22.2. The highest BCUT2D eigenvalue weighted by atomic mass is 19.4. The van der Waals surface area contributed by atoms with Crippen LogP contribution in [0.5, 0.6) is 5.75 Å². The molecule has 6 nitrogen and oxygen atoms in total. The van der Waals surface area contributed by atoms with Crippen LogP contribution < -0.4 is 10.1 Å². The Hall–Kier alpha value is -3.59. The Balaban J connectivity index is 1.72. The number of hydrogen-bond acceptors (Lipinski definition) is 5. The number of para-hydroxylation sites is 1. The number of ether oxygens (including phenoxy) is 2. The fraction of sp³-hybridized carbons (Fsp3) is 0.280. The van der Waals surface area contributed by atoms with Gasteiger partial charge in [-0.2, -0.15) is 0 Å². The van der Waals surface area contributed by atoms with Crippen molar-refractivity contribution in [2.24, 2.45) is 0 Å². The summed E-state index contributed by atoms with van der Waals surface area (Å²) >= 11 is 0. The number of aryl methyl sites for hydroxylation is 1. The van der Waals surface area contributed by atoms with Gasteiger partial charge in [-0.1, -0.05) is 30.3 Å². The van der Waals surface area contributed by atoms with Crippen molar-refractivity contribution in [3.63, 3.8) is 0 Å². The molecule has 176 valence electrons. The molecule has 0 spiro atoms. The summed E-state index contributed by atoms with van der Waals surface area (Å²) in [6.45, 7) is 3.27. The highest BCUT2D eigenvalue weighted by Gasteiger charge is 2.33. The van der Waals surface area contributed by atoms with Gasteiger partial charge >= 0.3 is 6.36 Å². The molecule has 0 bridgehead atoms. The average molecular weight is 468 g/mol. The van der Waals surface area contributed by atoms with E-state index in [4.69, 9.17) is 4.74 Å². The summed E-state index contributed by atoms with van der Waals surface area (Å²) < 4.78 is 51.2. The molecule has 1 aliphatic rings. The van der Waals surface area contributed by atoms with E-state index in [1.54, 1.807) is 18.3 Å². The first-order chi connectivity index (χ1) is 16.4. The van der Waals surface area contributed by atoms with Crippen LogP contribution in [0.3, 0.4) is 0 Å². The molecule has 0 amide bonds. The summed E-state index contributed by atoms with van der Waals surface area (Å²) in [7, 11) is 0. The Bertz CT molecular complexity index is 1310. The molecule has 1 fully saturated rings. The fourth-order valence-corrected chi connectivity index (χ4v) is 4.29. The van der Waals surface area contributed by atoms with Crippen molar-refractivity contribution in [3.8, 4) is 22.6 Å². The molecule has 34 heavy (non-hydrogen) atoms. The quantitative estimate of drug-likeness (QED) is 0.396. The molecular weight excluding hydrogens is 445 g/mol. The minimum absolute atomic E-state index is 0.142. The SMILES string of the molecule is Cc1cccc(-n2cc(-c3ccccc3OC(F)(F)F)c3c(NC4CCOCC4)ncnc32)c1. The Morgan fingerprint density at radius 2 is 1.82 bits per heavy atom. The van der Waals surface area contributed by atoms with Gasteiger partial charge in [0.1, 0.15) is 17.9 Å². The van der Waals surface area contributed by atoms with Crippen LogP contribution in [-0.2, 0) is 4.74 Å². The van der Waals surface area contributed by atoms with Crippen LogP contribution in [0.15, 0.2) is 61.1 Å². The maximum atomic E-state index is 13.2. The molecule has 1 saturated heterocycles. The molecule has 0 radical (unpaired) electrons. The zero-order chi connectivity index (χ0) is 23.7. The number of nitrogens with one attached hydrogen (secondary N) is 1. The van der Waals surface area contributed by atoms with Crippen molar-refractivity contribution >= 4 is 16.9 Å². The first-order valence-electron chi connectivity index (χ1n) is 11.0. The Morgan fingerprint density at radius 1 is 1.03 bits per heavy atom. The first-order valence-corrected chi connectivity index (χ1v) is 11.0. The summed E-state index contributed by atoms with van der Waals surface area (Å²) in [6, 6.07) is 14.1. The van der Waals surface area contributed by atoms with Gasteiger partial charge in [-0.05, 0) is 43.5 Å². The molecular formula is C25H23F3N4O2. The van der Waals surface area contributed by atoms with Crippen LogP contribution >= 0.6 is 0 Å². The average Bonchev–Trinajstić information content (AvgIpc) is 3.20. The lowest BCUT2D eigenvalue weighted by Crippen LogP contribution is -2.28. The molecule has 0 saturated carbocycles. The van der Waals surface area contributed by atoms with Gasteiger partial charge in [-0.15, -0.1) is 13.2 Å².